The van der Waals surface area contributed by atoms with Crippen molar-refractivity contribution in [3.8, 4) is 0 Å². The number of ketones is 1. The maximum atomic E-state index is 13.6. The molecule has 1 saturated carbocycles. The first-order chi connectivity index (χ1) is 26.7. The fourth-order valence-electron chi connectivity index (χ4n) is 9.03. The average Bonchev–Trinajstić information content (AvgIpc) is 3.73. The van der Waals surface area contributed by atoms with E-state index in [-0.39, 0.29) is 40.7 Å². The van der Waals surface area contributed by atoms with Gasteiger partial charge in [0.2, 0.25) is 11.8 Å². The number of anilines is 2. The van der Waals surface area contributed by atoms with Gasteiger partial charge in [-0.15, -0.1) is 0 Å². The van der Waals surface area contributed by atoms with Crippen molar-refractivity contribution in [3.05, 3.63) is 75.8 Å². The van der Waals surface area contributed by atoms with Crippen molar-refractivity contribution < 1.29 is 14.4 Å². The Labute approximate surface area is 328 Å². The second-order valence-corrected chi connectivity index (χ2v) is 18.0. The van der Waals surface area contributed by atoms with Crippen molar-refractivity contribution in [2.24, 2.45) is 5.92 Å². The number of carbonyl (C=O) groups is 3. The zero-order valence-corrected chi connectivity index (χ0v) is 33.8. The van der Waals surface area contributed by atoms with Crippen LogP contribution in [0.25, 0.3) is 11.0 Å². The van der Waals surface area contributed by atoms with Crippen LogP contribution in [0.2, 0.25) is 0 Å². The van der Waals surface area contributed by atoms with Crippen molar-refractivity contribution in [2.45, 2.75) is 83.6 Å². The van der Waals surface area contributed by atoms with Gasteiger partial charge in [-0.05, 0) is 24.1 Å². The Kier molecular flexibility index (Phi) is 11.2. The summed E-state index contributed by atoms with van der Waals surface area (Å²) in [5, 5.41) is 3.25. The van der Waals surface area contributed by atoms with E-state index in [1.54, 1.807) is 10.8 Å². The summed E-state index contributed by atoms with van der Waals surface area (Å²) in [5.41, 5.74) is 4.70. The molecule has 287 valence electrons. The van der Waals surface area contributed by atoms with Crippen LogP contribution in [0.15, 0.2) is 53.6 Å². The number of Topliss-reactive ketones (excluding diaryl/α,β-unsaturated/α-hetero) is 1. The number of rotatable bonds is 10. The first kappa shape index (κ1) is 37.5. The molecule has 2 amide bonds. The molecule has 4 aromatic rings. The molecule has 1 N–H and O–H groups in total. The monoisotopic (exact) mass is 805 g/mol. The first-order valence-corrected chi connectivity index (χ1v) is 21.9. The number of aryl methyl sites for hydroxylation is 1. The Morgan fingerprint density at radius 2 is 1.55 bits per heavy atom. The van der Waals surface area contributed by atoms with Crippen LogP contribution in [0.5, 0.6) is 0 Å². The Morgan fingerprint density at radius 1 is 0.836 bits per heavy atom. The predicted octanol–water partition coefficient (Wildman–Crippen LogP) is 3.42. The molecule has 8 rings (SSSR count). The van der Waals surface area contributed by atoms with Gasteiger partial charge in [0.15, 0.2) is 0 Å². The summed E-state index contributed by atoms with van der Waals surface area (Å²) in [6, 6.07) is 12.7. The van der Waals surface area contributed by atoms with Crippen molar-refractivity contribution >= 4 is 64.9 Å². The number of nitrogens with one attached hydrogen (secondary N) is 1. The molecule has 1 unspecified atom stereocenters. The van der Waals surface area contributed by atoms with E-state index in [0.717, 1.165) is 98.5 Å². The number of imide groups is 1. The first-order valence-electron chi connectivity index (χ1n) is 20.0. The molecular formula is C42H50AsN8O4. The molecule has 0 bridgehead atoms. The molecule has 1 aliphatic carbocycles. The van der Waals surface area contributed by atoms with Gasteiger partial charge in [-0.25, -0.2) is 0 Å². The van der Waals surface area contributed by atoms with E-state index in [2.05, 4.69) is 44.3 Å². The van der Waals surface area contributed by atoms with E-state index in [1.165, 1.54) is 31.9 Å². The molecular weight excluding hydrogens is 755 g/mol. The van der Waals surface area contributed by atoms with Gasteiger partial charge in [-0.2, -0.15) is 0 Å². The zero-order chi connectivity index (χ0) is 38.1. The third-order valence-electron chi connectivity index (χ3n) is 12.3. The van der Waals surface area contributed by atoms with Gasteiger partial charge in [-0.1, -0.05) is 12.1 Å². The molecule has 55 heavy (non-hydrogen) atoms. The summed E-state index contributed by atoms with van der Waals surface area (Å²) in [5.74, 6) is -0.0760. The number of pyridine rings is 2. The molecule has 12 nitrogen and oxygen atoms in total. The zero-order valence-electron chi connectivity index (χ0n) is 31.9. The number of hydrogen-bond donors (Lipinski definition) is 1. The van der Waals surface area contributed by atoms with Gasteiger partial charge < -0.3 is 4.90 Å². The molecule has 6 heterocycles. The van der Waals surface area contributed by atoms with Crippen molar-refractivity contribution in [1.82, 2.24) is 29.7 Å². The molecule has 4 fully saturated rings. The Balaban J connectivity index is 0.808. The SMILES string of the molecule is CC(=O)c1c(C)c2cnc([As]c3ccc(N4CCC(CCN5CCN(c6ccc(C7CCC(=O)NC7=O)cc6)CC5)CC4)cn3)nc2n(C2CCCC2)c1=O. The van der Waals surface area contributed by atoms with E-state index in [4.69, 9.17) is 15.0 Å². The molecule has 4 aliphatic rings. The number of amides is 2. The van der Waals surface area contributed by atoms with Gasteiger partial charge in [0, 0.05) is 25.2 Å². The number of hydrogen-bond acceptors (Lipinski definition) is 10. The fraction of sp³-hybridized carbons (Fsp3) is 0.500. The Morgan fingerprint density at radius 3 is 2.22 bits per heavy atom. The quantitative estimate of drug-likeness (QED) is 0.145. The normalized spacial score (nSPS) is 20.6. The van der Waals surface area contributed by atoms with Crippen LogP contribution in [-0.4, -0.2) is 104 Å². The Hall–Kier alpha value is -4.41. The molecule has 1 aromatic carbocycles. The number of fused-ring (bicyclic) bond motifs is 1. The second kappa shape index (κ2) is 16.4. The number of nitrogens with zero attached hydrogens (tertiary/aromatic N) is 7. The average molecular weight is 806 g/mol. The van der Waals surface area contributed by atoms with Crippen LogP contribution in [0.3, 0.4) is 0 Å². The van der Waals surface area contributed by atoms with Gasteiger partial charge in [0.05, 0.1) is 5.92 Å². The van der Waals surface area contributed by atoms with Crippen LogP contribution in [0.1, 0.15) is 98.2 Å². The third kappa shape index (κ3) is 8.12. The van der Waals surface area contributed by atoms with Crippen molar-refractivity contribution in [2.75, 3.05) is 55.6 Å². The van der Waals surface area contributed by atoms with Crippen LogP contribution in [0.4, 0.5) is 11.4 Å². The molecule has 3 aliphatic heterocycles. The van der Waals surface area contributed by atoms with Crippen LogP contribution < -0.4 is 29.8 Å². The minimum atomic E-state index is -0.571. The third-order valence-corrected chi connectivity index (χ3v) is 14.2. The predicted molar refractivity (Wildman–Crippen MR) is 215 cm³/mol. The maximum absolute atomic E-state index is 13.6. The van der Waals surface area contributed by atoms with E-state index < -0.39 is 15.8 Å². The standard InChI is InChI=1S/C42H50AsN8O4/c1-27-35-26-45-42(47-39(35)51(32-5-3-4-6-32)41(55)38(27)28(2)52)43-36-13-11-33(25-44-36)49-19-16-29(17-20-49)15-18-48-21-23-50(24-22-48)31-9-7-30(8-10-31)34-12-14-37(53)46-40(34)54/h7-11,13,25-26,29,32,34H,3-6,12,14-24H2,1-2H3,(H,46,53,54). The Bertz CT molecular complexity index is 2120. The summed E-state index contributed by atoms with van der Waals surface area (Å²) in [4.78, 5) is 71.8. The number of benzene rings is 1. The van der Waals surface area contributed by atoms with Gasteiger partial charge >= 0.3 is 231 Å². The van der Waals surface area contributed by atoms with Gasteiger partial charge in [0.25, 0.3) is 0 Å². The molecule has 3 saturated heterocycles. The van der Waals surface area contributed by atoms with Crippen molar-refractivity contribution in [3.63, 3.8) is 0 Å². The molecule has 0 spiro atoms. The summed E-state index contributed by atoms with van der Waals surface area (Å²) in [6.07, 6.45) is 12.4. The number of carbonyl (C=O) groups excluding carboxylic acids is 3. The van der Waals surface area contributed by atoms with Gasteiger partial charge in [0.1, 0.15) is 0 Å². The molecule has 13 heteroatoms. The number of aromatic nitrogens is 4. The van der Waals surface area contributed by atoms with Crippen LogP contribution in [-0.2, 0) is 9.59 Å². The fourth-order valence-corrected chi connectivity index (χ4v) is 10.6. The number of piperazine rings is 1. The van der Waals surface area contributed by atoms with Crippen molar-refractivity contribution in [1.29, 1.82) is 0 Å². The van der Waals surface area contributed by atoms with E-state index in [0.29, 0.717) is 28.7 Å². The van der Waals surface area contributed by atoms with E-state index in [1.807, 2.05) is 25.3 Å². The minimum absolute atomic E-state index is 0.0663. The van der Waals surface area contributed by atoms with Crippen LogP contribution in [0, 0.1) is 12.8 Å². The summed E-state index contributed by atoms with van der Waals surface area (Å²) < 4.78 is 3.48. The summed E-state index contributed by atoms with van der Waals surface area (Å²) in [7, 11) is 0. The van der Waals surface area contributed by atoms with E-state index >= 15 is 0 Å². The molecule has 1 atom stereocenters. The van der Waals surface area contributed by atoms with E-state index in [9.17, 15) is 19.2 Å². The summed E-state index contributed by atoms with van der Waals surface area (Å²) in [6.45, 7) is 10.6. The molecule has 1 radical (unpaired) electrons. The van der Waals surface area contributed by atoms with Crippen LogP contribution >= 0.6 is 0 Å². The van der Waals surface area contributed by atoms with Gasteiger partial charge in [-0.3, -0.25) is 14.9 Å². The number of piperidine rings is 2. The second-order valence-electron chi connectivity index (χ2n) is 15.7. The molecule has 3 aromatic heterocycles. The summed E-state index contributed by atoms with van der Waals surface area (Å²) >= 11 is -0.571. The topological polar surface area (TPSA) is 134 Å².